The van der Waals surface area contributed by atoms with E-state index in [-0.39, 0.29) is 27.9 Å². The Labute approximate surface area is 118 Å². The molecule has 0 aliphatic rings. The molecule has 2 aromatic rings. The molecule has 0 heterocycles. The second kappa shape index (κ2) is 5.41. The molecule has 2 N–H and O–H groups in total. The maximum Gasteiger partial charge on any atom is 0.336 e. The van der Waals surface area contributed by atoms with Crippen LogP contribution in [-0.4, -0.2) is 27.1 Å². The highest BCUT2D eigenvalue weighted by Gasteiger charge is 2.25. The maximum absolute atomic E-state index is 11.3. The van der Waals surface area contributed by atoms with Gasteiger partial charge >= 0.3 is 11.9 Å². The third-order valence-corrected chi connectivity index (χ3v) is 2.90. The van der Waals surface area contributed by atoms with E-state index in [4.69, 9.17) is 0 Å². The highest BCUT2D eigenvalue weighted by Crippen LogP contribution is 2.34. The predicted octanol–water partition coefficient (Wildman–Crippen LogP) is 2.66. The number of aromatic carboxylic acids is 2. The Kier molecular flexibility index (Phi) is 3.66. The van der Waals surface area contributed by atoms with Gasteiger partial charge in [-0.05, 0) is 18.2 Å². The van der Waals surface area contributed by atoms with Gasteiger partial charge in [-0.15, -0.1) is 0 Å². The van der Waals surface area contributed by atoms with Crippen molar-refractivity contribution in [2.75, 3.05) is 0 Å². The first kappa shape index (κ1) is 14.2. The van der Waals surface area contributed by atoms with Crippen molar-refractivity contribution in [1.29, 1.82) is 0 Å². The standard InChI is InChI=1S/C14H9NO6/c16-13(17)9-5-3-6-10(14(18)19)12(9)8-4-1-2-7-11(8)15(20)21/h1-7H,(H,16,17)(H,18,19). The largest absolute Gasteiger partial charge is 0.478 e. The Morgan fingerprint density at radius 2 is 1.43 bits per heavy atom. The zero-order valence-corrected chi connectivity index (χ0v) is 10.5. The maximum atomic E-state index is 11.3. The van der Waals surface area contributed by atoms with Crippen molar-refractivity contribution in [1.82, 2.24) is 0 Å². The minimum atomic E-state index is -1.36. The third-order valence-electron chi connectivity index (χ3n) is 2.90. The summed E-state index contributed by atoms with van der Waals surface area (Å²) >= 11 is 0. The molecule has 0 atom stereocenters. The van der Waals surface area contributed by atoms with Crippen LogP contribution in [0.25, 0.3) is 11.1 Å². The van der Waals surface area contributed by atoms with Gasteiger partial charge in [0.15, 0.2) is 0 Å². The average molecular weight is 287 g/mol. The van der Waals surface area contributed by atoms with Crippen LogP contribution in [0.15, 0.2) is 42.5 Å². The lowest BCUT2D eigenvalue weighted by Crippen LogP contribution is -2.07. The number of rotatable bonds is 4. The number of nitrogens with zero attached hydrogens (tertiary/aromatic N) is 1. The van der Waals surface area contributed by atoms with Gasteiger partial charge in [-0.1, -0.05) is 18.2 Å². The molecule has 0 saturated heterocycles. The van der Waals surface area contributed by atoms with Crippen molar-refractivity contribution in [2.45, 2.75) is 0 Å². The van der Waals surface area contributed by atoms with Crippen molar-refractivity contribution in [3.63, 3.8) is 0 Å². The van der Waals surface area contributed by atoms with Gasteiger partial charge in [0, 0.05) is 11.6 Å². The summed E-state index contributed by atoms with van der Waals surface area (Å²) in [6.45, 7) is 0. The minimum absolute atomic E-state index is 0.0436. The molecule has 0 spiro atoms. The van der Waals surface area contributed by atoms with E-state index in [0.29, 0.717) is 0 Å². The van der Waals surface area contributed by atoms with Gasteiger partial charge in [0.05, 0.1) is 21.6 Å². The van der Waals surface area contributed by atoms with Crippen LogP contribution >= 0.6 is 0 Å². The zero-order chi connectivity index (χ0) is 15.6. The lowest BCUT2D eigenvalue weighted by Gasteiger charge is -2.10. The Balaban J connectivity index is 2.88. The molecule has 0 aliphatic carbocycles. The summed E-state index contributed by atoms with van der Waals surface area (Å²) in [6, 6.07) is 9.12. The van der Waals surface area contributed by atoms with Crippen LogP contribution in [0.2, 0.25) is 0 Å². The summed E-state index contributed by atoms with van der Waals surface area (Å²) in [5.41, 5.74) is -1.18. The van der Waals surface area contributed by atoms with Crippen molar-refractivity contribution in [2.24, 2.45) is 0 Å². The summed E-state index contributed by atoms with van der Waals surface area (Å²) in [5.74, 6) is -2.71. The fourth-order valence-electron chi connectivity index (χ4n) is 2.04. The Morgan fingerprint density at radius 1 is 0.905 bits per heavy atom. The first-order valence-corrected chi connectivity index (χ1v) is 5.77. The summed E-state index contributed by atoms with van der Waals surface area (Å²) in [6.07, 6.45) is 0. The number of carbonyl (C=O) groups is 2. The number of nitro groups is 1. The summed E-state index contributed by atoms with van der Waals surface area (Å²) in [4.78, 5) is 33.0. The first-order chi connectivity index (χ1) is 9.93. The molecular formula is C14H9NO6. The van der Waals surface area contributed by atoms with Gasteiger partial charge in [0.1, 0.15) is 0 Å². The predicted molar refractivity (Wildman–Crippen MR) is 72.5 cm³/mol. The number of benzene rings is 2. The van der Waals surface area contributed by atoms with E-state index in [1.165, 1.54) is 42.5 Å². The molecule has 0 bridgehead atoms. The molecule has 21 heavy (non-hydrogen) atoms. The SMILES string of the molecule is O=C(O)c1cccc(C(=O)O)c1-c1ccccc1[N+](=O)[O-]. The molecule has 0 fully saturated rings. The number of para-hydroxylation sites is 1. The molecule has 2 rings (SSSR count). The topological polar surface area (TPSA) is 118 Å². The number of hydrogen-bond acceptors (Lipinski definition) is 4. The van der Waals surface area contributed by atoms with E-state index < -0.39 is 16.9 Å². The van der Waals surface area contributed by atoms with Gasteiger partial charge in [-0.2, -0.15) is 0 Å². The van der Waals surface area contributed by atoms with Crippen LogP contribution < -0.4 is 0 Å². The zero-order valence-electron chi connectivity index (χ0n) is 10.5. The van der Waals surface area contributed by atoms with E-state index in [1.54, 1.807) is 0 Å². The third kappa shape index (κ3) is 2.57. The molecule has 2 aromatic carbocycles. The minimum Gasteiger partial charge on any atom is -0.478 e. The fraction of sp³-hybridized carbons (Fsp3) is 0. The van der Waals surface area contributed by atoms with E-state index in [9.17, 15) is 29.9 Å². The molecule has 0 amide bonds. The Hall–Kier alpha value is -3.22. The molecule has 7 nitrogen and oxygen atoms in total. The molecule has 0 radical (unpaired) electrons. The number of carboxylic acid groups (broad SMARTS) is 2. The quantitative estimate of drug-likeness (QED) is 0.659. The van der Waals surface area contributed by atoms with E-state index in [0.717, 1.165) is 0 Å². The molecular weight excluding hydrogens is 278 g/mol. The smallest absolute Gasteiger partial charge is 0.336 e. The van der Waals surface area contributed by atoms with Crippen molar-refractivity contribution >= 4 is 17.6 Å². The molecule has 0 unspecified atom stereocenters. The Morgan fingerprint density at radius 3 is 1.90 bits per heavy atom. The lowest BCUT2D eigenvalue weighted by atomic mass is 9.93. The number of hydrogen-bond donors (Lipinski definition) is 2. The summed E-state index contributed by atoms with van der Waals surface area (Å²) in [7, 11) is 0. The molecule has 106 valence electrons. The molecule has 0 aliphatic heterocycles. The van der Waals surface area contributed by atoms with E-state index in [2.05, 4.69) is 0 Å². The van der Waals surface area contributed by atoms with Crippen LogP contribution in [0.5, 0.6) is 0 Å². The highest BCUT2D eigenvalue weighted by atomic mass is 16.6. The molecule has 0 aromatic heterocycles. The number of nitro benzene ring substituents is 1. The monoisotopic (exact) mass is 287 g/mol. The van der Waals surface area contributed by atoms with Crippen LogP contribution in [0, 0.1) is 10.1 Å². The summed E-state index contributed by atoms with van der Waals surface area (Å²) in [5, 5.41) is 29.5. The second-order valence-corrected chi connectivity index (χ2v) is 4.11. The van der Waals surface area contributed by atoms with Crippen LogP contribution in [0.1, 0.15) is 20.7 Å². The normalized spacial score (nSPS) is 10.1. The van der Waals surface area contributed by atoms with E-state index in [1.807, 2.05) is 0 Å². The molecule has 7 heteroatoms. The van der Waals surface area contributed by atoms with Crippen molar-refractivity contribution < 1.29 is 24.7 Å². The Bertz CT molecular complexity index is 721. The first-order valence-electron chi connectivity index (χ1n) is 5.77. The van der Waals surface area contributed by atoms with Gasteiger partial charge in [0.2, 0.25) is 0 Å². The highest BCUT2D eigenvalue weighted by molar-refractivity contribution is 6.06. The van der Waals surface area contributed by atoms with Crippen LogP contribution in [0.4, 0.5) is 5.69 Å². The average Bonchev–Trinajstić information content (AvgIpc) is 2.46. The van der Waals surface area contributed by atoms with Crippen molar-refractivity contribution in [3.8, 4) is 11.1 Å². The summed E-state index contributed by atoms with van der Waals surface area (Å²) < 4.78 is 0. The van der Waals surface area contributed by atoms with Gasteiger partial charge in [-0.25, -0.2) is 9.59 Å². The van der Waals surface area contributed by atoms with E-state index >= 15 is 0 Å². The van der Waals surface area contributed by atoms with Gasteiger partial charge in [0.25, 0.3) is 5.69 Å². The van der Waals surface area contributed by atoms with Gasteiger partial charge in [-0.3, -0.25) is 10.1 Å². The van der Waals surface area contributed by atoms with Crippen LogP contribution in [-0.2, 0) is 0 Å². The fourth-order valence-corrected chi connectivity index (χ4v) is 2.04. The number of carboxylic acids is 2. The van der Waals surface area contributed by atoms with Gasteiger partial charge < -0.3 is 10.2 Å². The van der Waals surface area contributed by atoms with Crippen LogP contribution in [0.3, 0.4) is 0 Å². The lowest BCUT2D eigenvalue weighted by molar-refractivity contribution is -0.384. The molecule has 0 saturated carbocycles. The second-order valence-electron chi connectivity index (χ2n) is 4.11. The van der Waals surface area contributed by atoms with Crippen molar-refractivity contribution in [3.05, 3.63) is 63.7 Å².